The van der Waals surface area contributed by atoms with Gasteiger partial charge in [-0.25, -0.2) is 4.99 Å². The summed E-state index contributed by atoms with van der Waals surface area (Å²) >= 11 is 9.39. The highest BCUT2D eigenvalue weighted by molar-refractivity contribution is 9.11. The van der Waals surface area contributed by atoms with Crippen molar-refractivity contribution in [1.29, 1.82) is 0 Å². The van der Waals surface area contributed by atoms with Gasteiger partial charge in [-0.1, -0.05) is 0 Å². The number of thiophene rings is 2. The van der Waals surface area contributed by atoms with Crippen LogP contribution < -0.4 is 9.89 Å². The molecule has 4 heterocycles. The van der Waals surface area contributed by atoms with Gasteiger partial charge in [0.05, 0.1) is 39.1 Å². The zero-order valence-electron chi connectivity index (χ0n) is 11.0. The number of H-pyrrole nitrogens is 1. The molecule has 0 aromatic carbocycles. The highest BCUT2D eigenvalue weighted by atomic mass is 79.9. The second-order valence-electron chi connectivity index (χ2n) is 4.83. The third kappa shape index (κ3) is 2.73. The highest BCUT2D eigenvalue weighted by Gasteiger charge is 2.39. The minimum absolute atomic E-state index is 0.0375. The van der Waals surface area contributed by atoms with E-state index in [0.717, 1.165) is 16.8 Å². The van der Waals surface area contributed by atoms with Crippen LogP contribution in [-0.2, 0) is 0 Å². The molecule has 0 saturated heterocycles. The summed E-state index contributed by atoms with van der Waals surface area (Å²) in [5.41, 5.74) is -0.0824. The monoisotopic (exact) mass is 480 g/mol. The van der Waals surface area contributed by atoms with Gasteiger partial charge in [0.15, 0.2) is 0 Å². The number of allylic oxidation sites excluding steroid dienone is 2. The molecule has 0 saturated carbocycles. The molecule has 0 amide bonds. The number of halogens is 5. The highest BCUT2D eigenvalue weighted by Crippen LogP contribution is 2.40. The summed E-state index contributed by atoms with van der Waals surface area (Å²) in [4.78, 5) is 6.99. The zero-order valence-corrected chi connectivity index (χ0v) is 15.8. The van der Waals surface area contributed by atoms with Crippen molar-refractivity contribution >= 4 is 76.4 Å². The number of aromatic nitrogens is 1. The van der Waals surface area contributed by atoms with Crippen molar-refractivity contribution in [3.8, 4) is 0 Å². The Balaban J connectivity index is 1.95. The van der Waals surface area contributed by atoms with Crippen LogP contribution in [0.5, 0.6) is 0 Å². The smallest absolute Gasteiger partial charge is 0.354 e. The Kier molecular flexibility index (Phi) is 3.60. The number of rotatable bonds is 1. The van der Waals surface area contributed by atoms with Crippen LogP contribution in [-0.4, -0.2) is 11.2 Å². The minimum atomic E-state index is -4.50. The molecule has 0 radical (unpaired) electrons. The van der Waals surface area contributed by atoms with Crippen LogP contribution in [0.4, 0.5) is 13.2 Å². The average Bonchev–Trinajstić information content (AvgIpc) is 3.07. The van der Waals surface area contributed by atoms with Crippen molar-refractivity contribution in [3.05, 3.63) is 47.1 Å². The molecular weight excluding hydrogens is 477 g/mol. The van der Waals surface area contributed by atoms with Crippen LogP contribution in [0.1, 0.15) is 5.69 Å². The molecule has 0 fully saturated rings. The van der Waals surface area contributed by atoms with Crippen LogP contribution in [0.3, 0.4) is 0 Å². The summed E-state index contributed by atoms with van der Waals surface area (Å²) in [5, 5.41) is 0.565. The van der Waals surface area contributed by atoms with Gasteiger partial charge in [-0.05, 0) is 56.1 Å². The molecular formula is C14H5Br2F3N2S2. The molecule has 118 valence electrons. The predicted octanol–water partition coefficient (Wildman–Crippen LogP) is 5.20. The van der Waals surface area contributed by atoms with E-state index >= 15 is 0 Å². The Morgan fingerprint density at radius 2 is 1.83 bits per heavy atom. The number of hydrogen-bond donors (Lipinski definition) is 1. The Labute approximate surface area is 152 Å². The van der Waals surface area contributed by atoms with Crippen molar-refractivity contribution in [2.45, 2.75) is 6.18 Å². The number of nitrogens with one attached hydrogen (secondary N) is 1. The van der Waals surface area contributed by atoms with Crippen molar-refractivity contribution in [2.75, 3.05) is 0 Å². The quantitative estimate of drug-likeness (QED) is 0.494. The van der Waals surface area contributed by atoms with Gasteiger partial charge >= 0.3 is 6.18 Å². The van der Waals surface area contributed by atoms with Crippen molar-refractivity contribution < 1.29 is 13.2 Å². The Morgan fingerprint density at radius 1 is 1.09 bits per heavy atom. The van der Waals surface area contributed by atoms with Gasteiger partial charge < -0.3 is 4.98 Å². The number of alkyl halides is 3. The lowest BCUT2D eigenvalue weighted by atomic mass is 10.1. The molecule has 3 aromatic rings. The first kappa shape index (κ1) is 15.6. The van der Waals surface area contributed by atoms with Crippen molar-refractivity contribution in [1.82, 2.24) is 4.98 Å². The molecule has 4 rings (SSSR count). The van der Waals surface area contributed by atoms with E-state index in [1.165, 1.54) is 34.8 Å². The van der Waals surface area contributed by atoms with Crippen LogP contribution in [0.15, 0.2) is 36.5 Å². The van der Waals surface area contributed by atoms with E-state index in [2.05, 4.69) is 41.8 Å². The molecule has 2 nitrogen and oxygen atoms in total. The van der Waals surface area contributed by atoms with Crippen LogP contribution in [0.2, 0.25) is 0 Å². The van der Waals surface area contributed by atoms with Gasteiger partial charge in [0.25, 0.3) is 0 Å². The summed E-state index contributed by atoms with van der Waals surface area (Å²) in [6.07, 6.45) is -3.01. The van der Waals surface area contributed by atoms with E-state index in [9.17, 15) is 13.2 Å². The van der Waals surface area contributed by atoms with E-state index in [1.807, 2.05) is 0 Å². The molecule has 23 heavy (non-hydrogen) atoms. The molecule has 0 aliphatic carbocycles. The fourth-order valence-corrected chi connectivity index (χ4v) is 5.47. The lowest BCUT2D eigenvalue weighted by Crippen LogP contribution is -2.13. The molecule has 1 aliphatic rings. The SMILES string of the molecule is FC(F)(F)/C(=C1\C=c2sc(Br)cc2=N1)c1cc2sc(Br)cc2[nH]1. The first-order valence-electron chi connectivity index (χ1n) is 6.27. The third-order valence-electron chi connectivity index (χ3n) is 3.30. The Hall–Kier alpha value is -0.900. The first-order valence-corrected chi connectivity index (χ1v) is 9.49. The molecule has 1 aliphatic heterocycles. The maximum absolute atomic E-state index is 13.6. The second kappa shape index (κ2) is 5.30. The average molecular weight is 482 g/mol. The van der Waals surface area contributed by atoms with Gasteiger partial charge in [0, 0.05) is 0 Å². The molecule has 0 spiro atoms. The fourth-order valence-electron chi connectivity index (χ4n) is 2.43. The lowest BCUT2D eigenvalue weighted by Gasteiger charge is -2.11. The first-order chi connectivity index (χ1) is 10.8. The van der Waals surface area contributed by atoms with Crippen molar-refractivity contribution in [2.24, 2.45) is 4.99 Å². The fraction of sp³-hybridized carbons (Fsp3) is 0.0714. The van der Waals surface area contributed by atoms with Gasteiger partial charge in [-0.3, -0.25) is 0 Å². The maximum atomic E-state index is 13.6. The summed E-state index contributed by atoms with van der Waals surface area (Å²) in [5.74, 6) is 0. The number of hydrogen-bond acceptors (Lipinski definition) is 3. The zero-order chi connectivity index (χ0) is 16.4. The van der Waals surface area contributed by atoms with Gasteiger partial charge in [-0.2, -0.15) is 13.2 Å². The Morgan fingerprint density at radius 3 is 2.48 bits per heavy atom. The molecule has 0 bridgehead atoms. The molecule has 0 unspecified atom stereocenters. The Bertz CT molecular complexity index is 1020. The van der Waals surface area contributed by atoms with E-state index in [-0.39, 0.29) is 11.4 Å². The molecule has 3 aromatic heterocycles. The minimum Gasteiger partial charge on any atom is -0.354 e. The maximum Gasteiger partial charge on any atom is 0.420 e. The summed E-state index contributed by atoms with van der Waals surface area (Å²) in [6.45, 7) is 0. The predicted molar refractivity (Wildman–Crippen MR) is 94.1 cm³/mol. The normalized spacial score (nSPS) is 16.4. The largest absolute Gasteiger partial charge is 0.420 e. The molecule has 9 heteroatoms. The van der Waals surface area contributed by atoms with Crippen LogP contribution in [0, 0.1) is 0 Å². The summed E-state index contributed by atoms with van der Waals surface area (Å²) in [7, 11) is 0. The number of nitrogens with zero attached hydrogens (tertiary/aromatic N) is 1. The second-order valence-corrected chi connectivity index (χ2v) is 9.75. The van der Waals surface area contributed by atoms with Crippen LogP contribution >= 0.6 is 54.5 Å². The van der Waals surface area contributed by atoms with Crippen LogP contribution in [0.25, 0.3) is 21.9 Å². The van der Waals surface area contributed by atoms with Gasteiger partial charge in [-0.15, -0.1) is 22.7 Å². The standard InChI is InChI=1S/C14H5Br2F3N2S2/c15-11-3-5-9(22-11)1-7(20-5)13(14(17,18)19)8-2-10-6(21-8)4-12(16)23-10/h1-4,20H/b13-8+. The third-order valence-corrected chi connectivity index (χ3v) is 6.46. The number of fused-ring (bicyclic) bond motifs is 2. The van der Waals surface area contributed by atoms with E-state index < -0.39 is 11.7 Å². The van der Waals surface area contributed by atoms with E-state index in [1.54, 1.807) is 12.1 Å². The van der Waals surface area contributed by atoms with E-state index in [0.29, 0.717) is 10.9 Å². The molecule has 1 N–H and O–H groups in total. The lowest BCUT2D eigenvalue weighted by molar-refractivity contribution is -0.0694. The van der Waals surface area contributed by atoms with Gasteiger partial charge in [0.1, 0.15) is 5.57 Å². The number of aromatic amines is 1. The summed E-state index contributed by atoms with van der Waals surface area (Å²) in [6, 6.07) is 5.01. The molecule has 0 atom stereocenters. The topological polar surface area (TPSA) is 28.1 Å². The van der Waals surface area contributed by atoms with Crippen molar-refractivity contribution in [3.63, 3.8) is 0 Å². The van der Waals surface area contributed by atoms with Gasteiger partial charge in [0.2, 0.25) is 0 Å². The summed E-state index contributed by atoms with van der Waals surface area (Å²) < 4.78 is 44.0. The van der Waals surface area contributed by atoms with E-state index in [4.69, 9.17) is 0 Å².